The molecule has 1 aromatic heterocycles. The van der Waals surface area contributed by atoms with Crippen molar-refractivity contribution in [2.75, 3.05) is 5.32 Å². The summed E-state index contributed by atoms with van der Waals surface area (Å²) in [5, 5.41) is 22.9. The SMILES string of the molecule is O=C(Nc1cc(-c2ccc(CO)o2)ccc1Cl)c1cc([N+](=O)[O-])ccc1Cl. The van der Waals surface area contributed by atoms with E-state index in [2.05, 4.69) is 5.32 Å². The number of aliphatic hydroxyl groups is 1. The Morgan fingerprint density at radius 1 is 1.11 bits per heavy atom. The summed E-state index contributed by atoms with van der Waals surface area (Å²) < 4.78 is 5.46. The number of halogens is 2. The van der Waals surface area contributed by atoms with Crippen LogP contribution in [0.4, 0.5) is 11.4 Å². The van der Waals surface area contributed by atoms with Gasteiger partial charge in [-0.15, -0.1) is 0 Å². The summed E-state index contributed by atoms with van der Waals surface area (Å²) in [5.41, 5.74) is 0.604. The van der Waals surface area contributed by atoms with Gasteiger partial charge >= 0.3 is 0 Å². The molecule has 2 N–H and O–H groups in total. The second-order valence-electron chi connectivity index (χ2n) is 5.49. The van der Waals surface area contributed by atoms with Gasteiger partial charge in [0.05, 0.1) is 26.2 Å². The number of nitro groups is 1. The standard InChI is InChI=1S/C18H12Cl2N2O5/c19-14-5-2-11(22(25)26)8-13(14)18(24)21-16-7-10(1-4-15(16)20)17-6-3-12(9-23)27-17/h1-8,23H,9H2,(H,21,24). The first kappa shape index (κ1) is 18.9. The molecule has 3 aromatic rings. The molecule has 1 amide bonds. The third-order valence-corrected chi connectivity index (χ3v) is 4.38. The number of furan rings is 1. The number of non-ortho nitro benzene ring substituents is 1. The highest BCUT2D eigenvalue weighted by atomic mass is 35.5. The van der Waals surface area contributed by atoms with Crippen LogP contribution in [-0.4, -0.2) is 15.9 Å². The molecule has 27 heavy (non-hydrogen) atoms. The number of anilines is 1. The molecule has 0 spiro atoms. The van der Waals surface area contributed by atoms with Crippen LogP contribution in [0.5, 0.6) is 0 Å². The van der Waals surface area contributed by atoms with E-state index in [1.807, 2.05) is 0 Å². The molecule has 0 saturated heterocycles. The molecule has 2 aromatic carbocycles. The number of aliphatic hydroxyl groups excluding tert-OH is 1. The summed E-state index contributed by atoms with van der Waals surface area (Å²) in [7, 11) is 0. The first-order valence-corrected chi connectivity index (χ1v) is 8.39. The van der Waals surface area contributed by atoms with Gasteiger partial charge in [-0.1, -0.05) is 23.2 Å². The molecule has 0 bridgehead atoms. The van der Waals surface area contributed by atoms with E-state index >= 15 is 0 Å². The van der Waals surface area contributed by atoms with Gasteiger partial charge in [-0.3, -0.25) is 14.9 Å². The van der Waals surface area contributed by atoms with Gasteiger partial charge in [0.25, 0.3) is 11.6 Å². The van der Waals surface area contributed by atoms with Crippen molar-refractivity contribution < 1.29 is 19.2 Å². The lowest BCUT2D eigenvalue weighted by molar-refractivity contribution is -0.384. The Hall–Kier alpha value is -2.87. The Kier molecular flexibility index (Phi) is 5.46. The largest absolute Gasteiger partial charge is 0.459 e. The molecule has 0 aliphatic rings. The van der Waals surface area contributed by atoms with Crippen LogP contribution in [0, 0.1) is 10.1 Å². The predicted molar refractivity (Wildman–Crippen MR) is 101 cm³/mol. The molecule has 138 valence electrons. The molecule has 0 atom stereocenters. The second-order valence-corrected chi connectivity index (χ2v) is 6.31. The van der Waals surface area contributed by atoms with Crippen molar-refractivity contribution in [3.05, 3.63) is 80.0 Å². The number of amides is 1. The fourth-order valence-corrected chi connectivity index (χ4v) is 2.75. The van der Waals surface area contributed by atoms with Gasteiger partial charge in [-0.2, -0.15) is 0 Å². The first-order chi connectivity index (χ1) is 12.9. The zero-order valence-corrected chi connectivity index (χ0v) is 15.1. The molecule has 1 heterocycles. The van der Waals surface area contributed by atoms with Gasteiger partial charge in [0.1, 0.15) is 18.1 Å². The van der Waals surface area contributed by atoms with Crippen molar-refractivity contribution in [3.8, 4) is 11.3 Å². The summed E-state index contributed by atoms with van der Waals surface area (Å²) in [6.45, 7) is -0.234. The molecule has 0 saturated carbocycles. The summed E-state index contributed by atoms with van der Waals surface area (Å²) >= 11 is 12.1. The van der Waals surface area contributed by atoms with Crippen LogP contribution >= 0.6 is 23.2 Å². The van der Waals surface area contributed by atoms with Gasteiger partial charge in [0.15, 0.2) is 0 Å². The number of carbonyl (C=O) groups excluding carboxylic acids is 1. The van der Waals surface area contributed by atoms with Gasteiger partial charge in [0.2, 0.25) is 0 Å². The Morgan fingerprint density at radius 2 is 1.85 bits per heavy atom. The third kappa shape index (κ3) is 4.11. The maximum absolute atomic E-state index is 12.5. The topological polar surface area (TPSA) is 106 Å². The zero-order valence-electron chi connectivity index (χ0n) is 13.6. The Balaban J connectivity index is 1.91. The van der Waals surface area contributed by atoms with E-state index in [1.54, 1.807) is 30.3 Å². The summed E-state index contributed by atoms with van der Waals surface area (Å²) in [4.78, 5) is 22.8. The fourth-order valence-electron chi connectivity index (χ4n) is 2.38. The Bertz CT molecular complexity index is 1030. The average Bonchev–Trinajstić information content (AvgIpc) is 3.12. The van der Waals surface area contributed by atoms with Crippen LogP contribution < -0.4 is 5.32 Å². The quantitative estimate of drug-likeness (QED) is 0.462. The lowest BCUT2D eigenvalue weighted by atomic mass is 10.1. The number of benzene rings is 2. The van der Waals surface area contributed by atoms with E-state index < -0.39 is 10.8 Å². The number of carbonyl (C=O) groups is 1. The number of hydrogen-bond acceptors (Lipinski definition) is 5. The van der Waals surface area contributed by atoms with Crippen LogP contribution in [0.2, 0.25) is 10.0 Å². The minimum Gasteiger partial charge on any atom is -0.459 e. The molecule has 0 radical (unpaired) electrons. The monoisotopic (exact) mass is 406 g/mol. The zero-order chi connectivity index (χ0) is 19.6. The van der Waals surface area contributed by atoms with Crippen LogP contribution in [0.15, 0.2) is 52.9 Å². The fraction of sp³-hybridized carbons (Fsp3) is 0.0556. The van der Waals surface area contributed by atoms with E-state index in [-0.39, 0.29) is 33.6 Å². The van der Waals surface area contributed by atoms with E-state index in [0.717, 1.165) is 6.07 Å². The molecule has 9 heteroatoms. The van der Waals surface area contributed by atoms with E-state index in [4.69, 9.17) is 32.7 Å². The van der Waals surface area contributed by atoms with Crippen LogP contribution in [0.25, 0.3) is 11.3 Å². The number of nitrogens with zero attached hydrogens (tertiary/aromatic N) is 1. The van der Waals surface area contributed by atoms with Gasteiger partial charge in [-0.05, 0) is 36.4 Å². The molecular formula is C18H12Cl2N2O5. The van der Waals surface area contributed by atoms with Crippen molar-refractivity contribution >= 4 is 40.5 Å². The number of nitro benzene ring substituents is 1. The van der Waals surface area contributed by atoms with Crippen molar-refractivity contribution in [1.29, 1.82) is 0 Å². The number of hydrogen-bond donors (Lipinski definition) is 2. The van der Waals surface area contributed by atoms with E-state index in [0.29, 0.717) is 17.1 Å². The highest BCUT2D eigenvalue weighted by Gasteiger charge is 2.17. The van der Waals surface area contributed by atoms with Crippen LogP contribution in [0.1, 0.15) is 16.1 Å². The predicted octanol–water partition coefficient (Wildman–Crippen LogP) is 4.91. The highest BCUT2D eigenvalue weighted by molar-refractivity contribution is 6.36. The molecule has 0 aliphatic heterocycles. The van der Waals surface area contributed by atoms with Crippen molar-refractivity contribution in [1.82, 2.24) is 0 Å². The number of nitrogens with one attached hydrogen (secondary N) is 1. The lowest BCUT2D eigenvalue weighted by Gasteiger charge is -2.10. The van der Waals surface area contributed by atoms with Crippen molar-refractivity contribution in [3.63, 3.8) is 0 Å². The van der Waals surface area contributed by atoms with E-state index in [1.165, 1.54) is 12.1 Å². The smallest absolute Gasteiger partial charge is 0.270 e. The van der Waals surface area contributed by atoms with Crippen molar-refractivity contribution in [2.24, 2.45) is 0 Å². The highest BCUT2D eigenvalue weighted by Crippen LogP contribution is 2.31. The summed E-state index contributed by atoms with van der Waals surface area (Å²) in [5.74, 6) is 0.242. The Morgan fingerprint density at radius 3 is 2.52 bits per heavy atom. The van der Waals surface area contributed by atoms with Gasteiger partial charge in [0, 0.05) is 17.7 Å². The molecule has 0 fully saturated rings. The Labute approximate surface area is 163 Å². The minimum absolute atomic E-state index is 0.0482. The average molecular weight is 407 g/mol. The number of rotatable bonds is 5. The second kappa shape index (κ2) is 7.79. The molecule has 3 rings (SSSR count). The van der Waals surface area contributed by atoms with Crippen molar-refractivity contribution in [2.45, 2.75) is 6.61 Å². The lowest BCUT2D eigenvalue weighted by Crippen LogP contribution is -2.13. The minimum atomic E-state index is -0.641. The van der Waals surface area contributed by atoms with Crippen LogP contribution in [-0.2, 0) is 6.61 Å². The maximum atomic E-state index is 12.5. The van der Waals surface area contributed by atoms with Gasteiger partial charge < -0.3 is 14.8 Å². The normalized spacial score (nSPS) is 10.6. The molecular weight excluding hydrogens is 395 g/mol. The molecule has 7 nitrogen and oxygen atoms in total. The molecule has 0 unspecified atom stereocenters. The summed E-state index contributed by atoms with van der Waals surface area (Å²) in [6.07, 6.45) is 0. The van der Waals surface area contributed by atoms with Gasteiger partial charge in [-0.25, -0.2) is 0 Å². The summed E-state index contributed by atoms with van der Waals surface area (Å²) in [6, 6.07) is 11.7. The third-order valence-electron chi connectivity index (χ3n) is 3.72. The maximum Gasteiger partial charge on any atom is 0.270 e. The first-order valence-electron chi connectivity index (χ1n) is 7.64. The molecule has 0 aliphatic carbocycles. The van der Waals surface area contributed by atoms with Crippen LogP contribution in [0.3, 0.4) is 0 Å². The van der Waals surface area contributed by atoms with E-state index in [9.17, 15) is 14.9 Å².